The van der Waals surface area contributed by atoms with Crippen molar-refractivity contribution in [2.75, 3.05) is 24.0 Å². The molecule has 0 bridgehead atoms. The van der Waals surface area contributed by atoms with E-state index in [2.05, 4.69) is 5.10 Å². The van der Waals surface area contributed by atoms with Crippen LogP contribution in [0.1, 0.15) is 12.5 Å². The van der Waals surface area contributed by atoms with Crippen LogP contribution in [-0.4, -0.2) is 30.6 Å². The molecule has 1 heterocycles. The van der Waals surface area contributed by atoms with Crippen molar-refractivity contribution in [2.45, 2.75) is 6.92 Å². The zero-order valence-electron chi connectivity index (χ0n) is 15.0. The SMILES string of the molecule is CC1=NN(c2ccc(F)cc2)C(=O)/C1=C/c1ccc(N(C)C)c([N+](=O)[O-])c1. The van der Waals surface area contributed by atoms with E-state index >= 15 is 0 Å². The lowest BCUT2D eigenvalue weighted by atomic mass is 10.1. The third-order valence-corrected chi connectivity index (χ3v) is 4.12. The number of nitro benzene ring substituents is 1. The Morgan fingerprint density at radius 2 is 1.85 bits per heavy atom. The average molecular weight is 368 g/mol. The molecular formula is C19H17FN4O3. The van der Waals surface area contributed by atoms with Crippen molar-refractivity contribution in [2.24, 2.45) is 5.10 Å². The number of benzene rings is 2. The van der Waals surface area contributed by atoms with Crippen molar-refractivity contribution >= 4 is 34.8 Å². The maximum Gasteiger partial charge on any atom is 0.293 e. The van der Waals surface area contributed by atoms with E-state index in [1.54, 1.807) is 44.1 Å². The number of nitrogens with zero attached hydrogens (tertiary/aromatic N) is 4. The minimum absolute atomic E-state index is 0.0511. The number of amides is 1. The smallest absolute Gasteiger partial charge is 0.293 e. The zero-order valence-corrected chi connectivity index (χ0v) is 15.0. The third-order valence-electron chi connectivity index (χ3n) is 4.12. The Kier molecular flexibility index (Phi) is 4.72. The summed E-state index contributed by atoms with van der Waals surface area (Å²) in [6, 6.07) is 10.2. The van der Waals surface area contributed by atoms with Crippen LogP contribution < -0.4 is 9.91 Å². The first-order valence-electron chi connectivity index (χ1n) is 8.11. The molecule has 138 valence electrons. The molecule has 3 rings (SSSR count). The molecule has 1 amide bonds. The van der Waals surface area contributed by atoms with Crippen LogP contribution in [0.5, 0.6) is 0 Å². The molecule has 0 N–H and O–H groups in total. The number of halogens is 1. The van der Waals surface area contributed by atoms with Gasteiger partial charge in [-0.25, -0.2) is 4.39 Å². The van der Waals surface area contributed by atoms with E-state index in [1.807, 2.05) is 0 Å². The van der Waals surface area contributed by atoms with Crippen molar-refractivity contribution in [1.29, 1.82) is 0 Å². The molecule has 0 unspecified atom stereocenters. The lowest BCUT2D eigenvalue weighted by molar-refractivity contribution is -0.384. The highest BCUT2D eigenvalue weighted by atomic mass is 19.1. The van der Waals surface area contributed by atoms with E-state index in [0.29, 0.717) is 28.2 Å². The van der Waals surface area contributed by atoms with E-state index < -0.39 is 10.7 Å². The van der Waals surface area contributed by atoms with Gasteiger partial charge in [0.15, 0.2) is 0 Å². The van der Waals surface area contributed by atoms with Gasteiger partial charge in [0.2, 0.25) is 0 Å². The van der Waals surface area contributed by atoms with E-state index in [-0.39, 0.29) is 11.6 Å². The van der Waals surface area contributed by atoms with Crippen LogP contribution in [0.25, 0.3) is 6.08 Å². The fourth-order valence-corrected chi connectivity index (χ4v) is 2.76. The number of carbonyl (C=O) groups is 1. The van der Waals surface area contributed by atoms with Gasteiger partial charge >= 0.3 is 0 Å². The maximum absolute atomic E-state index is 13.1. The van der Waals surface area contributed by atoms with Gasteiger partial charge in [0.25, 0.3) is 11.6 Å². The largest absolute Gasteiger partial charge is 0.372 e. The van der Waals surface area contributed by atoms with Crippen LogP contribution in [0, 0.1) is 15.9 Å². The quantitative estimate of drug-likeness (QED) is 0.469. The van der Waals surface area contributed by atoms with Crippen LogP contribution in [0.15, 0.2) is 53.1 Å². The second-order valence-corrected chi connectivity index (χ2v) is 6.24. The minimum Gasteiger partial charge on any atom is -0.372 e. The highest BCUT2D eigenvalue weighted by Gasteiger charge is 2.29. The molecule has 0 atom stereocenters. The molecule has 0 aromatic heterocycles. The summed E-state index contributed by atoms with van der Waals surface area (Å²) in [5.74, 6) is -0.784. The fraction of sp³-hybridized carbons (Fsp3) is 0.158. The number of carbonyl (C=O) groups excluding carboxylic acids is 1. The van der Waals surface area contributed by atoms with Gasteiger partial charge in [-0.1, -0.05) is 6.07 Å². The van der Waals surface area contributed by atoms with Gasteiger partial charge in [0, 0.05) is 20.2 Å². The Morgan fingerprint density at radius 1 is 1.19 bits per heavy atom. The van der Waals surface area contributed by atoms with Crippen molar-refractivity contribution in [3.8, 4) is 0 Å². The lowest BCUT2D eigenvalue weighted by Gasteiger charge is -2.13. The molecule has 0 aliphatic carbocycles. The van der Waals surface area contributed by atoms with Crippen LogP contribution >= 0.6 is 0 Å². The molecule has 2 aromatic carbocycles. The molecule has 1 aliphatic heterocycles. The Bertz CT molecular complexity index is 981. The van der Waals surface area contributed by atoms with E-state index in [0.717, 1.165) is 0 Å². The Hall–Kier alpha value is -3.55. The molecule has 0 radical (unpaired) electrons. The van der Waals surface area contributed by atoms with Crippen LogP contribution in [0.2, 0.25) is 0 Å². The Labute approximate surface area is 155 Å². The zero-order chi connectivity index (χ0) is 19.7. The highest BCUT2D eigenvalue weighted by molar-refractivity contribution is 6.32. The Morgan fingerprint density at radius 3 is 2.44 bits per heavy atom. The number of hydrazone groups is 1. The highest BCUT2D eigenvalue weighted by Crippen LogP contribution is 2.30. The summed E-state index contributed by atoms with van der Waals surface area (Å²) >= 11 is 0. The van der Waals surface area contributed by atoms with Gasteiger partial charge in [-0.15, -0.1) is 0 Å². The summed E-state index contributed by atoms with van der Waals surface area (Å²) < 4.78 is 13.1. The molecule has 0 spiro atoms. The first-order chi connectivity index (χ1) is 12.8. The normalized spacial score (nSPS) is 15.3. The minimum atomic E-state index is -0.459. The molecule has 0 saturated heterocycles. The summed E-state index contributed by atoms with van der Waals surface area (Å²) in [6.45, 7) is 1.68. The van der Waals surface area contributed by atoms with E-state index in [9.17, 15) is 19.3 Å². The number of anilines is 2. The van der Waals surface area contributed by atoms with Gasteiger partial charge in [0.1, 0.15) is 11.5 Å². The summed E-state index contributed by atoms with van der Waals surface area (Å²) in [5.41, 5.74) is 2.18. The summed E-state index contributed by atoms with van der Waals surface area (Å²) in [5, 5.41) is 16.7. The lowest BCUT2D eigenvalue weighted by Crippen LogP contribution is -2.21. The van der Waals surface area contributed by atoms with E-state index in [1.165, 1.54) is 35.3 Å². The molecule has 2 aromatic rings. The number of hydrogen-bond acceptors (Lipinski definition) is 5. The molecule has 0 fully saturated rings. The predicted octanol–water partition coefficient (Wildman–Crippen LogP) is 3.61. The monoisotopic (exact) mass is 368 g/mol. The van der Waals surface area contributed by atoms with Gasteiger partial charge < -0.3 is 4.90 Å². The summed E-state index contributed by atoms with van der Waals surface area (Å²) in [7, 11) is 3.44. The topological polar surface area (TPSA) is 79.0 Å². The van der Waals surface area contributed by atoms with Crippen LogP contribution in [-0.2, 0) is 4.79 Å². The second-order valence-electron chi connectivity index (χ2n) is 6.24. The Balaban J connectivity index is 1.97. The van der Waals surface area contributed by atoms with Gasteiger partial charge in [-0.3, -0.25) is 14.9 Å². The number of nitro groups is 1. The molecule has 1 aliphatic rings. The van der Waals surface area contributed by atoms with Crippen molar-refractivity contribution in [3.05, 3.63) is 69.5 Å². The first kappa shape index (κ1) is 18.2. The van der Waals surface area contributed by atoms with Gasteiger partial charge in [-0.05, 0) is 48.9 Å². The number of rotatable bonds is 4. The fourth-order valence-electron chi connectivity index (χ4n) is 2.76. The first-order valence-corrected chi connectivity index (χ1v) is 8.11. The number of hydrogen-bond donors (Lipinski definition) is 0. The van der Waals surface area contributed by atoms with Crippen molar-refractivity contribution in [1.82, 2.24) is 0 Å². The molecule has 7 nitrogen and oxygen atoms in total. The van der Waals surface area contributed by atoms with Crippen LogP contribution in [0.3, 0.4) is 0 Å². The predicted molar refractivity (Wildman–Crippen MR) is 102 cm³/mol. The van der Waals surface area contributed by atoms with Gasteiger partial charge in [0.05, 0.1) is 21.9 Å². The van der Waals surface area contributed by atoms with Crippen LogP contribution in [0.4, 0.5) is 21.5 Å². The summed E-state index contributed by atoms with van der Waals surface area (Å²) in [4.78, 5) is 25.2. The summed E-state index contributed by atoms with van der Waals surface area (Å²) in [6.07, 6.45) is 1.57. The maximum atomic E-state index is 13.1. The standard InChI is InChI=1S/C19H17FN4O3/c1-12-16(19(25)23(21-12)15-7-5-14(20)6-8-15)10-13-4-9-17(22(2)3)18(11-13)24(26)27/h4-11H,1-3H3/b16-10+. The molecular weight excluding hydrogens is 351 g/mol. The molecule has 27 heavy (non-hydrogen) atoms. The molecule has 0 saturated carbocycles. The van der Waals surface area contributed by atoms with Crippen molar-refractivity contribution < 1.29 is 14.1 Å². The van der Waals surface area contributed by atoms with Crippen molar-refractivity contribution in [3.63, 3.8) is 0 Å². The average Bonchev–Trinajstić information content (AvgIpc) is 2.90. The van der Waals surface area contributed by atoms with E-state index in [4.69, 9.17) is 0 Å². The molecule has 8 heteroatoms. The van der Waals surface area contributed by atoms with Gasteiger partial charge in [-0.2, -0.15) is 10.1 Å². The second kappa shape index (κ2) is 6.99. The third kappa shape index (κ3) is 3.55.